The normalized spacial score (nSPS) is 12.3. The summed E-state index contributed by atoms with van der Waals surface area (Å²) in [7, 11) is 0. The molecular weight excluding hydrogens is 278 g/mol. The van der Waals surface area contributed by atoms with Crippen LogP contribution in [0.5, 0.6) is 0 Å². The van der Waals surface area contributed by atoms with Crippen molar-refractivity contribution >= 4 is 11.3 Å². The van der Waals surface area contributed by atoms with Crippen molar-refractivity contribution in [2.75, 3.05) is 0 Å². The molecule has 0 spiro atoms. The minimum Gasteiger partial charge on any atom is -0.318 e. The minimum atomic E-state index is -0.200. The van der Waals surface area contributed by atoms with Crippen molar-refractivity contribution in [3.63, 3.8) is 0 Å². The second-order valence-corrected chi connectivity index (χ2v) is 6.12. The molecule has 2 N–H and O–H groups in total. The summed E-state index contributed by atoms with van der Waals surface area (Å²) in [5.41, 5.74) is 9.89. The van der Waals surface area contributed by atoms with Gasteiger partial charge in [0.15, 0.2) is 0 Å². The molecule has 0 aliphatic heterocycles. The molecule has 0 fully saturated rings. The monoisotopic (exact) mass is 295 g/mol. The Morgan fingerprint density at radius 1 is 1.00 bits per heavy atom. The molecule has 3 aromatic rings. The maximum Gasteiger partial charge on any atom is 0.138 e. The molecule has 1 heterocycles. The average Bonchev–Trinajstić information content (AvgIpc) is 2.98. The summed E-state index contributed by atoms with van der Waals surface area (Å²) in [6.07, 6.45) is 0.811. The van der Waals surface area contributed by atoms with Crippen LogP contribution in [0.4, 0.5) is 0 Å². The number of nitrogens with two attached hydrogens (primary N) is 1. The van der Waals surface area contributed by atoms with Gasteiger partial charge in [0.2, 0.25) is 0 Å². The van der Waals surface area contributed by atoms with Crippen LogP contribution in [0.3, 0.4) is 0 Å². The van der Waals surface area contributed by atoms with E-state index in [1.165, 1.54) is 11.1 Å². The molecule has 1 atom stereocenters. The fourth-order valence-corrected chi connectivity index (χ4v) is 3.13. The largest absolute Gasteiger partial charge is 0.318 e. The lowest BCUT2D eigenvalue weighted by atomic mass is 10.1. The standard InChI is InChI=1S/C17H17N3S/c1-12-7-5-6-10-14(12)11-15-19-20-17(21-15)16(18)13-8-3-2-4-9-13/h2-10,16H,11,18H2,1H3. The van der Waals surface area contributed by atoms with E-state index in [0.29, 0.717) is 0 Å². The molecule has 106 valence electrons. The van der Waals surface area contributed by atoms with Gasteiger partial charge in [0, 0.05) is 6.42 Å². The molecule has 1 aromatic heterocycles. The van der Waals surface area contributed by atoms with Gasteiger partial charge < -0.3 is 5.73 Å². The van der Waals surface area contributed by atoms with Gasteiger partial charge in [-0.15, -0.1) is 10.2 Å². The summed E-state index contributed by atoms with van der Waals surface area (Å²) in [5.74, 6) is 0. The van der Waals surface area contributed by atoms with Gasteiger partial charge in [-0.2, -0.15) is 0 Å². The fourth-order valence-electron chi connectivity index (χ4n) is 2.24. The number of rotatable bonds is 4. The van der Waals surface area contributed by atoms with Crippen LogP contribution in [0.25, 0.3) is 0 Å². The number of benzene rings is 2. The smallest absolute Gasteiger partial charge is 0.138 e. The fraction of sp³-hybridized carbons (Fsp3) is 0.176. The topological polar surface area (TPSA) is 51.8 Å². The van der Waals surface area contributed by atoms with Gasteiger partial charge in [0.25, 0.3) is 0 Å². The summed E-state index contributed by atoms with van der Waals surface area (Å²) >= 11 is 1.59. The van der Waals surface area contributed by atoms with Gasteiger partial charge in [-0.25, -0.2) is 0 Å². The lowest BCUT2D eigenvalue weighted by molar-refractivity contribution is 0.824. The van der Waals surface area contributed by atoms with Crippen LogP contribution in [0.15, 0.2) is 54.6 Å². The minimum absolute atomic E-state index is 0.200. The van der Waals surface area contributed by atoms with Crippen LogP contribution in [0, 0.1) is 6.92 Å². The molecule has 0 bridgehead atoms. The van der Waals surface area contributed by atoms with Crippen LogP contribution in [0.1, 0.15) is 32.7 Å². The van der Waals surface area contributed by atoms with Crippen LogP contribution < -0.4 is 5.73 Å². The predicted octanol–water partition coefficient (Wildman–Crippen LogP) is 3.49. The van der Waals surface area contributed by atoms with E-state index in [0.717, 1.165) is 22.0 Å². The molecule has 0 saturated carbocycles. The first kappa shape index (κ1) is 13.9. The zero-order valence-corrected chi connectivity index (χ0v) is 12.7. The van der Waals surface area contributed by atoms with Gasteiger partial charge in [0.05, 0.1) is 6.04 Å². The summed E-state index contributed by atoms with van der Waals surface area (Å²) in [6.45, 7) is 2.12. The van der Waals surface area contributed by atoms with Crippen molar-refractivity contribution in [3.8, 4) is 0 Å². The first-order chi connectivity index (χ1) is 10.2. The van der Waals surface area contributed by atoms with E-state index < -0.39 is 0 Å². The summed E-state index contributed by atoms with van der Waals surface area (Å²) in [4.78, 5) is 0. The number of aryl methyl sites for hydroxylation is 1. The van der Waals surface area contributed by atoms with Crippen molar-refractivity contribution in [1.82, 2.24) is 10.2 Å². The predicted molar refractivity (Wildman–Crippen MR) is 86.4 cm³/mol. The molecule has 4 heteroatoms. The van der Waals surface area contributed by atoms with Crippen LogP contribution in [0.2, 0.25) is 0 Å². The quantitative estimate of drug-likeness (QED) is 0.801. The lowest BCUT2D eigenvalue weighted by Crippen LogP contribution is -2.11. The van der Waals surface area contributed by atoms with Crippen molar-refractivity contribution in [2.24, 2.45) is 5.73 Å². The summed E-state index contributed by atoms with van der Waals surface area (Å²) < 4.78 is 0. The van der Waals surface area contributed by atoms with Crippen LogP contribution in [-0.4, -0.2) is 10.2 Å². The molecule has 3 nitrogen and oxygen atoms in total. The maximum atomic E-state index is 6.26. The summed E-state index contributed by atoms with van der Waals surface area (Å²) in [6, 6.07) is 18.2. The van der Waals surface area contributed by atoms with Gasteiger partial charge in [-0.05, 0) is 23.6 Å². The molecule has 3 rings (SSSR count). The Morgan fingerprint density at radius 2 is 1.71 bits per heavy atom. The van der Waals surface area contributed by atoms with Crippen molar-refractivity contribution in [3.05, 3.63) is 81.3 Å². The highest BCUT2D eigenvalue weighted by atomic mass is 32.1. The molecule has 0 aliphatic rings. The van der Waals surface area contributed by atoms with Crippen LogP contribution in [-0.2, 0) is 6.42 Å². The zero-order valence-electron chi connectivity index (χ0n) is 11.9. The average molecular weight is 295 g/mol. The lowest BCUT2D eigenvalue weighted by Gasteiger charge is -2.07. The molecule has 0 saturated heterocycles. The third-order valence-corrected chi connectivity index (χ3v) is 4.52. The van der Waals surface area contributed by atoms with Crippen molar-refractivity contribution < 1.29 is 0 Å². The Morgan fingerprint density at radius 3 is 2.48 bits per heavy atom. The highest BCUT2D eigenvalue weighted by molar-refractivity contribution is 7.11. The second kappa shape index (κ2) is 6.16. The van der Waals surface area contributed by atoms with E-state index in [-0.39, 0.29) is 6.04 Å². The zero-order chi connectivity index (χ0) is 14.7. The molecule has 0 radical (unpaired) electrons. The first-order valence-corrected chi connectivity index (χ1v) is 7.73. The molecule has 0 aliphatic carbocycles. The molecule has 21 heavy (non-hydrogen) atoms. The number of aromatic nitrogens is 2. The first-order valence-electron chi connectivity index (χ1n) is 6.91. The van der Waals surface area contributed by atoms with Crippen molar-refractivity contribution in [1.29, 1.82) is 0 Å². The SMILES string of the molecule is Cc1ccccc1Cc1nnc(C(N)c2ccccc2)s1. The van der Waals surface area contributed by atoms with E-state index in [1.54, 1.807) is 11.3 Å². The third kappa shape index (κ3) is 3.17. The Kier molecular flexibility index (Phi) is 4.08. The second-order valence-electron chi connectivity index (χ2n) is 5.03. The van der Waals surface area contributed by atoms with Gasteiger partial charge in [-0.1, -0.05) is 65.9 Å². The third-order valence-electron chi connectivity index (χ3n) is 3.51. The van der Waals surface area contributed by atoms with E-state index in [4.69, 9.17) is 5.73 Å². The molecule has 0 amide bonds. The summed E-state index contributed by atoms with van der Waals surface area (Å²) in [5, 5.41) is 10.4. The number of nitrogens with zero attached hydrogens (tertiary/aromatic N) is 2. The van der Waals surface area contributed by atoms with Gasteiger partial charge >= 0.3 is 0 Å². The highest BCUT2D eigenvalue weighted by Gasteiger charge is 2.14. The van der Waals surface area contributed by atoms with Crippen LogP contribution >= 0.6 is 11.3 Å². The highest BCUT2D eigenvalue weighted by Crippen LogP contribution is 2.24. The maximum absolute atomic E-state index is 6.26. The number of hydrogen-bond donors (Lipinski definition) is 1. The Bertz CT molecular complexity index is 722. The van der Waals surface area contributed by atoms with E-state index in [1.807, 2.05) is 30.3 Å². The Balaban J connectivity index is 1.79. The van der Waals surface area contributed by atoms with E-state index >= 15 is 0 Å². The molecular formula is C17H17N3S. The molecule has 2 aromatic carbocycles. The van der Waals surface area contributed by atoms with E-state index in [9.17, 15) is 0 Å². The Labute approximate surface area is 128 Å². The van der Waals surface area contributed by atoms with Crippen molar-refractivity contribution in [2.45, 2.75) is 19.4 Å². The Hall–Kier alpha value is -2.04. The molecule has 1 unspecified atom stereocenters. The number of hydrogen-bond acceptors (Lipinski definition) is 4. The van der Waals surface area contributed by atoms with E-state index in [2.05, 4.69) is 41.4 Å². The van der Waals surface area contributed by atoms with Gasteiger partial charge in [-0.3, -0.25) is 0 Å². The van der Waals surface area contributed by atoms with Gasteiger partial charge in [0.1, 0.15) is 10.0 Å².